The van der Waals surface area contributed by atoms with Gasteiger partial charge in [0.15, 0.2) is 0 Å². The average molecular weight is 195 g/mol. The molecule has 0 aliphatic carbocycles. The van der Waals surface area contributed by atoms with Crippen molar-refractivity contribution in [3.05, 3.63) is 0 Å². The smallest absolute Gasteiger partial charge is 0.239 e. The van der Waals surface area contributed by atoms with Crippen LogP contribution in [0.1, 0.15) is 19.3 Å². The van der Waals surface area contributed by atoms with Gasteiger partial charge >= 0.3 is 0 Å². The van der Waals surface area contributed by atoms with Crippen LogP contribution in [0, 0.1) is 0 Å². The lowest BCUT2D eigenvalue weighted by atomic mass is 10.2. The fourth-order valence-corrected chi connectivity index (χ4v) is 2.50. The molecule has 0 aromatic rings. The Hall–Kier alpha value is 0.170. The highest BCUT2D eigenvalue weighted by Gasteiger charge is 2.13. The molecule has 1 heterocycles. The molecule has 1 atom stereocenters. The third-order valence-corrected chi connectivity index (χ3v) is 3.29. The average Bonchev–Trinajstić information content (AvgIpc) is 2.05. The Morgan fingerprint density at radius 3 is 2.92 bits per heavy atom. The minimum atomic E-state index is -2.13. The molecular weight excluding hydrogens is 180 g/mol. The molecule has 0 aromatic heterocycles. The van der Waals surface area contributed by atoms with E-state index in [9.17, 15) is 8.78 Å². The molecule has 1 N–H and O–H groups in total. The summed E-state index contributed by atoms with van der Waals surface area (Å²) in [6.07, 6.45) is 0.281. The minimum Gasteiger partial charge on any atom is -0.316 e. The van der Waals surface area contributed by atoms with Crippen molar-refractivity contribution < 1.29 is 8.78 Å². The van der Waals surface area contributed by atoms with E-state index in [4.69, 9.17) is 0 Å². The Morgan fingerprint density at radius 2 is 2.33 bits per heavy atom. The SMILES string of the molecule is FC(F)CCSC1CCCNC1. The van der Waals surface area contributed by atoms with Gasteiger partial charge in [-0.25, -0.2) is 8.78 Å². The number of alkyl halides is 2. The van der Waals surface area contributed by atoms with Crippen LogP contribution in [0.3, 0.4) is 0 Å². The first-order valence-electron chi connectivity index (χ1n) is 4.39. The van der Waals surface area contributed by atoms with E-state index in [1.54, 1.807) is 11.8 Å². The Kier molecular flexibility index (Phi) is 4.92. The third-order valence-electron chi connectivity index (χ3n) is 1.94. The Bertz CT molecular complexity index is 116. The summed E-state index contributed by atoms with van der Waals surface area (Å²) in [7, 11) is 0. The summed E-state index contributed by atoms with van der Waals surface area (Å²) >= 11 is 1.68. The highest BCUT2D eigenvalue weighted by molar-refractivity contribution is 7.99. The predicted octanol–water partition coefficient (Wildman–Crippen LogP) is 2.13. The number of piperidine rings is 1. The molecule has 0 radical (unpaired) electrons. The topological polar surface area (TPSA) is 12.0 Å². The Labute approximate surface area is 76.3 Å². The molecule has 0 saturated carbocycles. The molecular formula is C8H15F2NS. The van der Waals surface area contributed by atoms with Gasteiger partial charge < -0.3 is 5.32 Å². The Morgan fingerprint density at radius 1 is 1.50 bits per heavy atom. The van der Waals surface area contributed by atoms with E-state index in [1.807, 2.05) is 0 Å². The summed E-state index contributed by atoms with van der Waals surface area (Å²) in [4.78, 5) is 0. The maximum atomic E-state index is 11.8. The van der Waals surface area contributed by atoms with Gasteiger partial charge in [-0.3, -0.25) is 0 Å². The maximum Gasteiger partial charge on any atom is 0.239 e. The number of rotatable bonds is 4. The van der Waals surface area contributed by atoms with Gasteiger partial charge in [0.25, 0.3) is 0 Å². The second-order valence-corrected chi connectivity index (χ2v) is 4.43. The van der Waals surface area contributed by atoms with Crippen molar-refractivity contribution in [2.24, 2.45) is 0 Å². The van der Waals surface area contributed by atoms with Crippen LogP contribution in [-0.4, -0.2) is 30.5 Å². The van der Waals surface area contributed by atoms with Crippen molar-refractivity contribution in [3.63, 3.8) is 0 Å². The van der Waals surface area contributed by atoms with E-state index in [0.29, 0.717) is 11.0 Å². The van der Waals surface area contributed by atoms with E-state index >= 15 is 0 Å². The first-order valence-corrected chi connectivity index (χ1v) is 5.44. The molecule has 1 rings (SSSR count). The molecule has 0 amide bonds. The summed E-state index contributed by atoms with van der Waals surface area (Å²) in [6, 6.07) is 0. The summed E-state index contributed by atoms with van der Waals surface area (Å²) in [5.74, 6) is 0.601. The fourth-order valence-electron chi connectivity index (χ4n) is 1.29. The summed E-state index contributed by atoms with van der Waals surface area (Å²) in [6.45, 7) is 2.08. The second-order valence-electron chi connectivity index (χ2n) is 3.02. The van der Waals surface area contributed by atoms with Crippen molar-refractivity contribution >= 4 is 11.8 Å². The van der Waals surface area contributed by atoms with Crippen LogP contribution in [0.4, 0.5) is 8.78 Å². The fraction of sp³-hybridized carbons (Fsp3) is 1.00. The van der Waals surface area contributed by atoms with Gasteiger partial charge in [0.05, 0.1) is 0 Å². The standard InChI is InChI=1S/C8H15F2NS/c9-8(10)3-5-12-7-2-1-4-11-6-7/h7-8,11H,1-6H2. The van der Waals surface area contributed by atoms with Gasteiger partial charge in [0, 0.05) is 18.2 Å². The lowest BCUT2D eigenvalue weighted by Crippen LogP contribution is -2.31. The molecule has 1 aliphatic rings. The zero-order valence-electron chi connectivity index (χ0n) is 7.06. The lowest BCUT2D eigenvalue weighted by molar-refractivity contribution is 0.145. The summed E-state index contributed by atoms with van der Waals surface area (Å²) in [5.41, 5.74) is 0. The first-order chi connectivity index (χ1) is 5.79. The largest absolute Gasteiger partial charge is 0.316 e. The normalized spacial score (nSPS) is 24.8. The van der Waals surface area contributed by atoms with E-state index in [2.05, 4.69) is 5.32 Å². The van der Waals surface area contributed by atoms with Crippen LogP contribution < -0.4 is 5.32 Å². The zero-order valence-corrected chi connectivity index (χ0v) is 7.88. The van der Waals surface area contributed by atoms with Crippen LogP contribution in [0.25, 0.3) is 0 Å². The molecule has 0 spiro atoms. The van der Waals surface area contributed by atoms with Crippen LogP contribution in [0.15, 0.2) is 0 Å². The van der Waals surface area contributed by atoms with E-state index in [0.717, 1.165) is 13.1 Å². The van der Waals surface area contributed by atoms with Gasteiger partial charge in [-0.15, -0.1) is 0 Å². The summed E-state index contributed by atoms with van der Waals surface area (Å²) in [5, 5.41) is 3.83. The molecule has 1 aliphatic heterocycles. The van der Waals surface area contributed by atoms with Gasteiger partial charge in [-0.2, -0.15) is 11.8 Å². The van der Waals surface area contributed by atoms with Crippen LogP contribution >= 0.6 is 11.8 Å². The van der Waals surface area contributed by atoms with Crippen molar-refractivity contribution in [1.29, 1.82) is 0 Å². The van der Waals surface area contributed by atoms with E-state index < -0.39 is 6.43 Å². The highest BCUT2D eigenvalue weighted by Crippen LogP contribution is 2.20. The van der Waals surface area contributed by atoms with Crippen molar-refractivity contribution in [2.75, 3.05) is 18.8 Å². The lowest BCUT2D eigenvalue weighted by Gasteiger charge is -2.21. The Balaban J connectivity index is 1.98. The molecule has 1 saturated heterocycles. The van der Waals surface area contributed by atoms with Gasteiger partial charge in [-0.05, 0) is 25.1 Å². The van der Waals surface area contributed by atoms with Crippen molar-refractivity contribution in [2.45, 2.75) is 30.9 Å². The van der Waals surface area contributed by atoms with E-state index in [-0.39, 0.29) is 6.42 Å². The highest BCUT2D eigenvalue weighted by atomic mass is 32.2. The number of hydrogen-bond acceptors (Lipinski definition) is 2. The molecule has 0 bridgehead atoms. The van der Waals surface area contributed by atoms with Crippen molar-refractivity contribution in [1.82, 2.24) is 5.32 Å². The molecule has 1 fully saturated rings. The van der Waals surface area contributed by atoms with Gasteiger partial charge in [0.1, 0.15) is 0 Å². The minimum absolute atomic E-state index is 0.0428. The maximum absolute atomic E-state index is 11.8. The van der Waals surface area contributed by atoms with Crippen molar-refractivity contribution in [3.8, 4) is 0 Å². The second kappa shape index (κ2) is 5.75. The van der Waals surface area contributed by atoms with Gasteiger partial charge in [-0.1, -0.05) is 0 Å². The first kappa shape index (κ1) is 10.3. The van der Waals surface area contributed by atoms with Crippen LogP contribution in [-0.2, 0) is 0 Å². The molecule has 4 heteroatoms. The summed E-state index contributed by atoms with van der Waals surface area (Å²) < 4.78 is 23.5. The third kappa shape index (κ3) is 4.26. The number of thioether (sulfide) groups is 1. The van der Waals surface area contributed by atoms with E-state index in [1.165, 1.54) is 12.8 Å². The number of nitrogens with one attached hydrogen (secondary N) is 1. The van der Waals surface area contributed by atoms with Crippen LogP contribution in [0.2, 0.25) is 0 Å². The monoisotopic (exact) mass is 195 g/mol. The number of halogens is 2. The molecule has 72 valence electrons. The molecule has 0 aromatic carbocycles. The van der Waals surface area contributed by atoms with Crippen LogP contribution in [0.5, 0.6) is 0 Å². The van der Waals surface area contributed by atoms with Gasteiger partial charge in [0.2, 0.25) is 6.43 Å². The predicted molar refractivity (Wildman–Crippen MR) is 49.0 cm³/mol. The number of hydrogen-bond donors (Lipinski definition) is 1. The molecule has 1 unspecified atom stereocenters. The quantitative estimate of drug-likeness (QED) is 0.737. The zero-order chi connectivity index (χ0) is 8.81. The molecule has 12 heavy (non-hydrogen) atoms. The molecule has 1 nitrogen and oxygen atoms in total.